The lowest BCUT2D eigenvalue weighted by Crippen LogP contribution is -2.27. The van der Waals surface area contributed by atoms with Crippen LogP contribution >= 0.6 is 0 Å². The third-order valence-corrected chi connectivity index (χ3v) is 4.80. The van der Waals surface area contributed by atoms with E-state index in [2.05, 4.69) is 65.8 Å². The van der Waals surface area contributed by atoms with Crippen LogP contribution in [0.1, 0.15) is 94.2 Å². The van der Waals surface area contributed by atoms with E-state index in [1.807, 2.05) is 20.8 Å². The molecule has 4 heteroatoms. The molecule has 0 fully saturated rings. The fraction of sp³-hybridized carbons (Fsp3) is 0.538. The smallest absolute Gasteiger partial charge is 0.341 e. The molecule has 0 aliphatic heterocycles. The van der Waals surface area contributed by atoms with E-state index in [1.54, 1.807) is 0 Å². The second-order valence-electron chi connectivity index (χ2n) is 10.6. The van der Waals surface area contributed by atoms with Gasteiger partial charge in [-0.25, -0.2) is 4.79 Å². The van der Waals surface area contributed by atoms with Gasteiger partial charge in [0, 0.05) is 17.8 Å². The van der Waals surface area contributed by atoms with Crippen molar-refractivity contribution in [2.45, 2.75) is 86.8 Å². The van der Waals surface area contributed by atoms with E-state index in [4.69, 9.17) is 15.5 Å². The standard InChI is InChI=1S/C26H38N2O2/c1-16(2)23-22(24(29)30-26(7,8)9)21(18-12-10-17(3)11-13-18)19(15-27)20(28-23)14-25(4,5)6/h10-13,16H,14-15,27H2,1-9H3. The van der Waals surface area contributed by atoms with Crippen LogP contribution < -0.4 is 5.73 Å². The number of ether oxygens (including phenoxy) is 1. The number of rotatable bonds is 5. The third-order valence-electron chi connectivity index (χ3n) is 4.80. The molecule has 0 atom stereocenters. The number of carbonyl (C=O) groups is 1. The van der Waals surface area contributed by atoms with Crippen LogP contribution in [-0.4, -0.2) is 16.6 Å². The topological polar surface area (TPSA) is 65.2 Å². The molecule has 4 nitrogen and oxygen atoms in total. The number of nitrogens with two attached hydrogens (primary N) is 1. The highest BCUT2D eigenvalue weighted by Crippen LogP contribution is 2.37. The van der Waals surface area contributed by atoms with Gasteiger partial charge in [-0.05, 0) is 56.6 Å². The minimum absolute atomic E-state index is 0.0448. The number of benzene rings is 1. The van der Waals surface area contributed by atoms with Crippen molar-refractivity contribution >= 4 is 5.97 Å². The molecule has 2 aromatic rings. The fourth-order valence-electron chi connectivity index (χ4n) is 3.55. The maximum absolute atomic E-state index is 13.4. The van der Waals surface area contributed by atoms with E-state index >= 15 is 0 Å². The minimum atomic E-state index is -0.594. The molecule has 2 rings (SSSR count). The molecule has 2 N–H and O–H groups in total. The molecule has 0 unspecified atom stereocenters. The van der Waals surface area contributed by atoms with Crippen molar-refractivity contribution in [3.63, 3.8) is 0 Å². The Balaban J connectivity index is 2.92. The molecule has 0 saturated carbocycles. The first-order valence-electron chi connectivity index (χ1n) is 10.8. The molecule has 0 aliphatic carbocycles. The van der Waals surface area contributed by atoms with Crippen molar-refractivity contribution in [2.24, 2.45) is 11.1 Å². The Morgan fingerprint density at radius 3 is 2.07 bits per heavy atom. The highest BCUT2D eigenvalue weighted by atomic mass is 16.6. The number of hydrogen-bond donors (Lipinski definition) is 1. The summed E-state index contributed by atoms with van der Waals surface area (Å²) in [5, 5.41) is 0. The average molecular weight is 411 g/mol. The van der Waals surface area contributed by atoms with Crippen molar-refractivity contribution in [3.05, 3.63) is 52.3 Å². The number of hydrogen-bond acceptors (Lipinski definition) is 4. The molecule has 30 heavy (non-hydrogen) atoms. The van der Waals surface area contributed by atoms with Crippen LogP contribution in [0.25, 0.3) is 11.1 Å². The molecule has 1 aromatic heterocycles. The quantitative estimate of drug-likeness (QED) is 0.597. The first kappa shape index (κ1) is 24.1. The van der Waals surface area contributed by atoms with Gasteiger partial charge in [0.15, 0.2) is 0 Å². The van der Waals surface area contributed by atoms with E-state index in [0.717, 1.165) is 34.5 Å². The molecule has 0 radical (unpaired) electrons. The Morgan fingerprint density at radius 2 is 1.63 bits per heavy atom. The Kier molecular flexibility index (Phi) is 7.13. The summed E-state index contributed by atoms with van der Waals surface area (Å²) >= 11 is 0. The number of aryl methyl sites for hydroxylation is 1. The van der Waals surface area contributed by atoms with Gasteiger partial charge in [-0.1, -0.05) is 64.4 Å². The average Bonchev–Trinajstić information content (AvgIpc) is 2.58. The van der Waals surface area contributed by atoms with E-state index in [-0.39, 0.29) is 17.3 Å². The second-order valence-corrected chi connectivity index (χ2v) is 10.6. The van der Waals surface area contributed by atoms with Crippen LogP contribution in [0.15, 0.2) is 24.3 Å². The molecule has 0 bridgehead atoms. The van der Waals surface area contributed by atoms with E-state index in [0.29, 0.717) is 12.1 Å². The van der Waals surface area contributed by atoms with Gasteiger partial charge >= 0.3 is 5.97 Å². The largest absolute Gasteiger partial charge is 0.456 e. The summed E-state index contributed by atoms with van der Waals surface area (Å²) in [6.45, 7) is 18.7. The summed E-state index contributed by atoms with van der Waals surface area (Å²) in [7, 11) is 0. The van der Waals surface area contributed by atoms with Crippen LogP contribution in [-0.2, 0) is 17.7 Å². The predicted molar refractivity (Wildman–Crippen MR) is 125 cm³/mol. The lowest BCUT2D eigenvalue weighted by molar-refractivity contribution is 0.00681. The van der Waals surface area contributed by atoms with Crippen molar-refractivity contribution < 1.29 is 9.53 Å². The first-order valence-corrected chi connectivity index (χ1v) is 10.8. The molecule has 0 saturated heterocycles. The number of nitrogens with zero attached hydrogens (tertiary/aromatic N) is 1. The van der Waals surface area contributed by atoms with Crippen LogP contribution in [0.5, 0.6) is 0 Å². The highest BCUT2D eigenvalue weighted by Gasteiger charge is 2.30. The van der Waals surface area contributed by atoms with Gasteiger partial charge in [0.2, 0.25) is 0 Å². The van der Waals surface area contributed by atoms with E-state index in [1.165, 1.54) is 5.56 Å². The van der Waals surface area contributed by atoms with Gasteiger partial charge < -0.3 is 10.5 Å². The highest BCUT2D eigenvalue weighted by molar-refractivity contribution is 6.00. The van der Waals surface area contributed by atoms with Gasteiger partial charge in [-0.3, -0.25) is 4.98 Å². The van der Waals surface area contributed by atoms with Crippen LogP contribution in [0.4, 0.5) is 0 Å². The minimum Gasteiger partial charge on any atom is -0.456 e. The van der Waals surface area contributed by atoms with Gasteiger partial charge in [-0.15, -0.1) is 0 Å². The fourth-order valence-corrected chi connectivity index (χ4v) is 3.55. The summed E-state index contributed by atoms with van der Waals surface area (Å²) in [6.07, 6.45) is 0.784. The summed E-state index contributed by atoms with van der Waals surface area (Å²) in [5.74, 6) is -0.270. The van der Waals surface area contributed by atoms with Gasteiger partial charge in [0.05, 0.1) is 11.3 Å². The number of aromatic nitrogens is 1. The Labute approximate surface area is 182 Å². The Morgan fingerprint density at radius 1 is 1.07 bits per heavy atom. The lowest BCUT2D eigenvalue weighted by atomic mass is 9.83. The van der Waals surface area contributed by atoms with Gasteiger partial charge in [-0.2, -0.15) is 0 Å². The number of carbonyl (C=O) groups excluding carboxylic acids is 1. The predicted octanol–water partition coefficient (Wildman–Crippen LogP) is 6.18. The van der Waals surface area contributed by atoms with Gasteiger partial charge in [0.25, 0.3) is 0 Å². The molecular formula is C26H38N2O2. The number of pyridine rings is 1. The lowest BCUT2D eigenvalue weighted by Gasteiger charge is -2.27. The van der Waals surface area contributed by atoms with Crippen LogP contribution in [0, 0.1) is 12.3 Å². The second kappa shape index (κ2) is 8.89. The zero-order valence-electron chi connectivity index (χ0n) is 20.1. The normalized spacial score (nSPS) is 12.4. The SMILES string of the molecule is Cc1ccc(-c2c(CN)c(CC(C)(C)C)nc(C(C)C)c2C(=O)OC(C)(C)C)cc1. The molecule has 1 heterocycles. The van der Waals surface area contributed by atoms with Crippen molar-refractivity contribution in [2.75, 3.05) is 0 Å². The van der Waals surface area contributed by atoms with Crippen LogP contribution in [0.3, 0.4) is 0 Å². The van der Waals surface area contributed by atoms with Crippen molar-refractivity contribution in [3.8, 4) is 11.1 Å². The molecule has 0 aliphatic rings. The first-order chi connectivity index (χ1) is 13.7. The molecule has 1 aromatic carbocycles. The Bertz CT molecular complexity index is 899. The zero-order valence-corrected chi connectivity index (χ0v) is 20.1. The number of esters is 1. The molecular weight excluding hydrogens is 372 g/mol. The molecule has 164 valence electrons. The molecule has 0 spiro atoms. The summed E-state index contributed by atoms with van der Waals surface area (Å²) in [5.41, 5.74) is 11.9. The van der Waals surface area contributed by atoms with E-state index in [9.17, 15) is 4.79 Å². The zero-order chi connectivity index (χ0) is 22.9. The Hall–Kier alpha value is -2.20. The van der Waals surface area contributed by atoms with Crippen molar-refractivity contribution in [1.82, 2.24) is 4.98 Å². The van der Waals surface area contributed by atoms with Crippen LogP contribution in [0.2, 0.25) is 0 Å². The summed E-state index contributed by atoms with van der Waals surface area (Å²) in [4.78, 5) is 18.4. The van der Waals surface area contributed by atoms with E-state index < -0.39 is 5.60 Å². The van der Waals surface area contributed by atoms with Gasteiger partial charge in [0.1, 0.15) is 5.60 Å². The monoisotopic (exact) mass is 410 g/mol. The summed E-state index contributed by atoms with van der Waals surface area (Å²) in [6, 6.07) is 8.24. The van der Waals surface area contributed by atoms with Crippen molar-refractivity contribution in [1.29, 1.82) is 0 Å². The summed E-state index contributed by atoms with van der Waals surface area (Å²) < 4.78 is 5.82. The maximum Gasteiger partial charge on any atom is 0.341 e. The maximum atomic E-state index is 13.4. The molecule has 0 amide bonds. The third kappa shape index (κ3) is 5.91.